The average Bonchev–Trinajstić information content (AvgIpc) is 2.75. The van der Waals surface area contributed by atoms with Crippen LogP contribution in [0.3, 0.4) is 0 Å². The zero-order valence-electron chi connectivity index (χ0n) is 12.8. The van der Waals surface area contributed by atoms with Gasteiger partial charge in [0.1, 0.15) is 18.5 Å². The van der Waals surface area contributed by atoms with Crippen LogP contribution in [0.2, 0.25) is 0 Å². The smallest absolute Gasteiger partial charge is 0.119 e. The molecule has 0 radical (unpaired) electrons. The summed E-state index contributed by atoms with van der Waals surface area (Å²) in [7, 11) is 1.90. The van der Waals surface area contributed by atoms with Crippen LogP contribution in [-0.4, -0.2) is 34.1 Å². The van der Waals surface area contributed by atoms with E-state index in [0.717, 1.165) is 22.6 Å². The number of ether oxygens (including phenoxy) is 1. The van der Waals surface area contributed by atoms with E-state index in [2.05, 4.69) is 10.4 Å². The normalized spacial score (nSPS) is 12.4. The maximum atomic E-state index is 9.92. The molecule has 1 aromatic carbocycles. The van der Waals surface area contributed by atoms with E-state index in [1.807, 2.05) is 51.4 Å². The molecule has 114 valence electrons. The third-order valence-corrected chi connectivity index (χ3v) is 3.24. The van der Waals surface area contributed by atoms with Crippen molar-refractivity contribution in [1.82, 2.24) is 15.1 Å². The third-order valence-electron chi connectivity index (χ3n) is 3.24. The quantitative estimate of drug-likeness (QED) is 0.812. The van der Waals surface area contributed by atoms with Crippen LogP contribution in [0.1, 0.15) is 16.8 Å². The second-order valence-corrected chi connectivity index (χ2v) is 5.33. The van der Waals surface area contributed by atoms with Gasteiger partial charge in [0.25, 0.3) is 0 Å². The Morgan fingerprint density at radius 2 is 2.19 bits per heavy atom. The highest BCUT2D eigenvalue weighted by molar-refractivity contribution is 5.27. The van der Waals surface area contributed by atoms with E-state index in [9.17, 15) is 5.11 Å². The van der Waals surface area contributed by atoms with Gasteiger partial charge in [-0.3, -0.25) is 4.68 Å². The summed E-state index contributed by atoms with van der Waals surface area (Å²) >= 11 is 0. The summed E-state index contributed by atoms with van der Waals surface area (Å²) in [5.74, 6) is 0.789. The highest BCUT2D eigenvalue weighted by atomic mass is 16.5. The Morgan fingerprint density at radius 3 is 2.86 bits per heavy atom. The fourth-order valence-corrected chi connectivity index (χ4v) is 2.15. The summed E-state index contributed by atoms with van der Waals surface area (Å²) in [5, 5.41) is 17.4. The SMILES string of the molecule is Cc1cccc(OCC(O)CNCc2cn(C)nc2C)c1. The molecular weight excluding hydrogens is 266 g/mol. The zero-order chi connectivity index (χ0) is 15.2. The van der Waals surface area contributed by atoms with Crippen LogP contribution in [-0.2, 0) is 13.6 Å². The number of nitrogens with zero attached hydrogens (tertiary/aromatic N) is 2. The average molecular weight is 289 g/mol. The molecule has 0 aliphatic heterocycles. The summed E-state index contributed by atoms with van der Waals surface area (Å²) < 4.78 is 7.37. The molecule has 0 spiro atoms. The zero-order valence-corrected chi connectivity index (χ0v) is 12.8. The third kappa shape index (κ3) is 4.88. The van der Waals surface area contributed by atoms with Gasteiger partial charge in [0.15, 0.2) is 0 Å². The van der Waals surface area contributed by atoms with Crippen molar-refractivity contribution in [3.8, 4) is 5.75 Å². The number of benzene rings is 1. The van der Waals surface area contributed by atoms with Crippen molar-refractivity contribution in [1.29, 1.82) is 0 Å². The number of aliphatic hydroxyl groups excluding tert-OH is 1. The molecule has 2 rings (SSSR count). The number of aryl methyl sites for hydroxylation is 3. The molecule has 0 saturated heterocycles. The predicted octanol–water partition coefficient (Wildman–Crippen LogP) is 1.57. The van der Waals surface area contributed by atoms with E-state index in [1.54, 1.807) is 4.68 Å². The lowest BCUT2D eigenvalue weighted by Crippen LogP contribution is -2.31. The molecule has 1 atom stereocenters. The summed E-state index contributed by atoms with van der Waals surface area (Å²) in [6.45, 7) is 5.46. The van der Waals surface area contributed by atoms with Gasteiger partial charge in [-0.25, -0.2) is 0 Å². The first-order valence-corrected chi connectivity index (χ1v) is 7.12. The fraction of sp³-hybridized carbons (Fsp3) is 0.438. The van der Waals surface area contributed by atoms with E-state index >= 15 is 0 Å². The lowest BCUT2D eigenvalue weighted by molar-refractivity contribution is 0.106. The monoisotopic (exact) mass is 289 g/mol. The summed E-state index contributed by atoms with van der Waals surface area (Å²) in [6.07, 6.45) is 1.44. The highest BCUT2D eigenvalue weighted by Crippen LogP contribution is 2.12. The van der Waals surface area contributed by atoms with Crippen molar-refractivity contribution >= 4 is 0 Å². The minimum Gasteiger partial charge on any atom is -0.491 e. The molecule has 0 aliphatic carbocycles. The Labute approximate surface area is 125 Å². The van der Waals surface area contributed by atoms with Gasteiger partial charge in [-0.1, -0.05) is 12.1 Å². The van der Waals surface area contributed by atoms with E-state index < -0.39 is 6.10 Å². The Hall–Kier alpha value is -1.85. The standard InChI is InChI=1S/C16H23N3O2/c1-12-5-4-6-16(7-12)21-11-15(20)9-17-8-14-10-19(3)18-13(14)2/h4-7,10,15,17,20H,8-9,11H2,1-3H3. The molecule has 21 heavy (non-hydrogen) atoms. The number of nitrogens with one attached hydrogen (secondary N) is 1. The molecule has 0 saturated carbocycles. The van der Waals surface area contributed by atoms with Gasteiger partial charge in [0, 0.05) is 31.9 Å². The topological polar surface area (TPSA) is 59.3 Å². The first-order chi connectivity index (χ1) is 10.0. The molecule has 5 heteroatoms. The van der Waals surface area contributed by atoms with Crippen LogP contribution < -0.4 is 10.1 Å². The van der Waals surface area contributed by atoms with E-state index in [-0.39, 0.29) is 6.61 Å². The van der Waals surface area contributed by atoms with Crippen LogP contribution in [0.25, 0.3) is 0 Å². The van der Waals surface area contributed by atoms with E-state index in [1.165, 1.54) is 0 Å². The van der Waals surface area contributed by atoms with Gasteiger partial charge in [-0.15, -0.1) is 0 Å². The minimum absolute atomic E-state index is 0.280. The summed E-state index contributed by atoms with van der Waals surface area (Å²) in [6, 6.07) is 7.81. The van der Waals surface area contributed by atoms with Crippen LogP contribution in [0.5, 0.6) is 5.75 Å². The van der Waals surface area contributed by atoms with Gasteiger partial charge in [0.2, 0.25) is 0 Å². The highest BCUT2D eigenvalue weighted by Gasteiger charge is 2.07. The van der Waals surface area contributed by atoms with Crippen LogP contribution >= 0.6 is 0 Å². The van der Waals surface area contributed by atoms with E-state index in [4.69, 9.17) is 4.74 Å². The van der Waals surface area contributed by atoms with Crippen molar-refractivity contribution in [2.75, 3.05) is 13.2 Å². The lowest BCUT2D eigenvalue weighted by Gasteiger charge is -2.13. The number of rotatable bonds is 7. The predicted molar refractivity (Wildman–Crippen MR) is 82.3 cm³/mol. The van der Waals surface area contributed by atoms with Gasteiger partial charge >= 0.3 is 0 Å². The summed E-state index contributed by atoms with van der Waals surface area (Å²) in [4.78, 5) is 0. The van der Waals surface area contributed by atoms with Crippen LogP contribution in [0.4, 0.5) is 0 Å². The minimum atomic E-state index is -0.539. The van der Waals surface area contributed by atoms with Crippen LogP contribution in [0, 0.1) is 13.8 Å². The van der Waals surface area contributed by atoms with Crippen molar-refractivity contribution < 1.29 is 9.84 Å². The summed E-state index contributed by atoms with van der Waals surface area (Å²) in [5.41, 5.74) is 3.30. The molecule has 1 aromatic heterocycles. The van der Waals surface area contributed by atoms with Gasteiger partial charge in [-0.2, -0.15) is 5.10 Å². The van der Waals surface area contributed by atoms with Gasteiger partial charge in [-0.05, 0) is 31.5 Å². The molecule has 1 unspecified atom stereocenters. The molecule has 2 N–H and O–H groups in total. The van der Waals surface area contributed by atoms with Gasteiger partial charge < -0.3 is 15.2 Å². The Kier molecular flexibility index (Phi) is 5.36. The Morgan fingerprint density at radius 1 is 1.38 bits per heavy atom. The van der Waals surface area contributed by atoms with E-state index in [0.29, 0.717) is 13.1 Å². The maximum absolute atomic E-state index is 9.92. The molecule has 5 nitrogen and oxygen atoms in total. The first-order valence-electron chi connectivity index (χ1n) is 7.12. The van der Waals surface area contributed by atoms with Crippen molar-refractivity contribution in [2.45, 2.75) is 26.5 Å². The molecule has 0 fully saturated rings. The second-order valence-electron chi connectivity index (χ2n) is 5.33. The lowest BCUT2D eigenvalue weighted by atomic mass is 10.2. The molecule has 2 aromatic rings. The van der Waals surface area contributed by atoms with Crippen LogP contribution in [0.15, 0.2) is 30.5 Å². The molecule has 1 heterocycles. The van der Waals surface area contributed by atoms with Crippen molar-refractivity contribution in [3.63, 3.8) is 0 Å². The fourth-order valence-electron chi connectivity index (χ4n) is 2.15. The molecule has 0 amide bonds. The first kappa shape index (κ1) is 15.5. The Balaban J connectivity index is 1.70. The number of aromatic nitrogens is 2. The van der Waals surface area contributed by atoms with Crippen molar-refractivity contribution in [2.24, 2.45) is 7.05 Å². The number of aliphatic hydroxyl groups is 1. The largest absolute Gasteiger partial charge is 0.491 e. The van der Waals surface area contributed by atoms with Gasteiger partial charge in [0.05, 0.1) is 5.69 Å². The molecular formula is C16H23N3O2. The number of hydrogen-bond donors (Lipinski definition) is 2. The molecule has 0 bridgehead atoms. The maximum Gasteiger partial charge on any atom is 0.119 e. The number of hydrogen-bond acceptors (Lipinski definition) is 4. The Bertz CT molecular complexity index is 581. The molecule has 0 aliphatic rings. The second kappa shape index (κ2) is 7.24. The van der Waals surface area contributed by atoms with Crippen molar-refractivity contribution in [3.05, 3.63) is 47.3 Å².